The Morgan fingerprint density at radius 1 is 1.04 bits per heavy atom. The third kappa shape index (κ3) is 5.75. The van der Waals surface area contributed by atoms with Crippen molar-refractivity contribution in [3.8, 4) is 11.6 Å². The van der Waals surface area contributed by atoms with E-state index >= 15 is 0 Å². The van der Waals surface area contributed by atoms with E-state index in [0.717, 1.165) is 11.4 Å². The molecule has 0 saturated carbocycles. The summed E-state index contributed by atoms with van der Waals surface area (Å²) in [5, 5.41) is 4.65. The molecule has 0 aliphatic carbocycles. The fourth-order valence-corrected chi connectivity index (χ4v) is 2.42. The number of nitrogens with zero attached hydrogens (tertiary/aromatic N) is 3. The van der Waals surface area contributed by atoms with E-state index in [1.165, 1.54) is 0 Å². The van der Waals surface area contributed by atoms with Gasteiger partial charge in [-0.25, -0.2) is 4.98 Å². The maximum absolute atomic E-state index is 5.78. The molecule has 0 saturated heterocycles. The van der Waals surface area contributed by atoms with Crippen molar-refractivity contribution in [2.75, 3.05) is 6.54 Å². The molecule has 2 heterocycles. The molecular formula is C21H21N3OPt. The van der Waals surface area contributed by atoms with Gasteiger partial charge in [0.2, 0.25) is 5.88 Å². The number of ether oxygens (including phenoxy) is 1. The van der Waals surface area contributed by atoms with Crippen LogP contribution in [0, 0.1) is 6.07 Å². The van der Waals surface area contributed by atoms with Crippen molar-refractivity contribution in [3.05, 3.63) is 89.6 Å². The Bertz CT molecular complexity index is 795. The Hall–Kier alpha value is -2.03. The van der Waals surface area contributed by atoms with Gasteiger partial charge >= 0.3 is 21.1 Å². The Kier molecular flexibility index (Phi) is 7.49. The first kappa shape index (κ1) is 20.3. The number of benzene rings is 1. The third-order valence-corrected chi connectivity index (χ3v) is 3.82. The molecule has 0 fully saturated rings. The standard InChI is InChI=1S/C21H21N3O.Pt/c1-21(2,16-22-15-17-9-6-7-14-23-17)19-12-8-13-20(24-19)25-18-10-4-3-5-11-18;/h3-10,12-14H,15-16H2,1-2H3;/q-2;+2. The molecule has 0 aliphatic rings. The van der Waals surface area contributed by atoms with Crippen LogP contribution in [0.4, 0.5) is 0 Å². The predicted molar refractivity (Wildman–Crippen MR) is 98.8 cm³/mol. The van der Waals surface area contributed by atoms with Crippen molar-refractivity contribution in [1.82, 2.24) is 9.97 Å². The van der Waals surface area contributed by atoms with E-state index in [4.69, 9.17) is 4.74 Å². The Morgan fingerprint density at radius 3 is 2.62 bits per heavy atom. The van der Waals surface area contributed by atoms with Crippen LogP contribution in [0.3, 0.4) is 0 Å². The molecule has 3 aromatic rings. The van der Waals surface area contributed by atoms with Gasteiger partial charge in [0.05, 0.1) is 0 Å². The average Bonchev–Trinajstić information content (AvgIpc) is 2.64. The zero-order chi connectivity index (χ0) is 17.5. The van der Waals surface area contributed by atoms with Gasteiger partial charge in [-0.1, -0.05) is 26.0 Å². The molecule has 2 aromatic heterocycles. The number of hydrogen-bond acceptors (Lipinski definition) is 3. The van der Waals surface area contributed by atoms with Crippen molar-refractivity contribution in [2.24, 2.45) is 0 Å². The molecule has 136 valence electrons. The molecule has 0 spiro atoms. The van der Waals surface area contributed by atoms with Gasteiger partial charge in [0.1, 0.15) is 0 Å². The molecule has 4 nitrogen and oxygen atoms in total. The molecule has 0 amide bonds. The minimum Gasteiger partial charge on any atom is -0.656 e. The van der Waals surface area contributed by atoms with E-state index in [0.29, 0.717) is 24.7 Å². The summed E-state index contributed by atoms with van der Waals surface area (Å²) < 4.78 is 5.78. The summed E-state index contributed by atoms with van der Waals surface area (Å²) in [4.78, 5) is 8.95. The fourth-order valence-electron chi connectivity index (χ4n) is 2.42. The van der Waals surface area contributed by atoms with Crippen LogP contribution < -0.4 is 4.74 Å². The number of pyridine rings is 2. The normalized spacial score (nSPS) is 10.8. The van der Waals surface area contributed by atoms with Crippen LogP contribution in [0.25, 0.3) is 5.32 Å². The quantitative estimate of drug-likeness (QED) is 0.411. The molecule has 0 N–H and O–H groups in total. The van der Waals surface area contributed by atoms with Gasteiger partial charge in [-0.3, -0.25) is 4.98 Å². The predicted octanol–water partition coefficient (Wildman–Crippen LogP) is 4.92. The largest absolute Gasteiger partial charge is 2.00 e. The van der Waals surface area contributed by atoms with Gasteiger partial charge in [0.15, 0.2) is 0 Å². The first-order valence-electron chi connectivity index (χ1n) is 8.29. The average molecular weight is 526 g/mol. The molecule has 0 aliphatic heterocycles. The second kappa shape index (κ2) is 9.61. The Balaban J connectivity index is 0.00000243. The summed E-state index contributed by atoms with van der Waals surface area (Å²) in [6.07, 6.45) is 1.79. The van der Waals surface area contributed by atoms with Gasteiger partial charge in [0.25, 0.3) is 0 Å². The molecule has 5 heteroatoms. The van der Waals surface area contributed by atoms with E-state index in [1.807, 2.05) is 60.7 Å². The molecule has 3 rings (SSSR count). The summed E-state index contributed by atoms with van der Waals surface area (Å²) >= 11 is 0. The third-order valence-electron chi connectivity index (χ3n) is 3.82. The van der Waals surface area contributed by atoms with E-state index in [9.17, 15) is 0 Å². The minimum absolute atomic E-state index is 0. The van der Waals surface area contributed by atoms with Crippen LogP contribution in [0.2, 0.25) is 0 Å². The van der Waals surface area contributed by atoms with Crippen molar-refractivity contribution in [2.45, 2.75) is 25.8 Å². The molecular weight excluding hydrogens is 505 g/mol. The number of para-hydroxylation sites is 1. The van der Waals surface area contributed by atoms with Gasteiger partial charge in [-0.2, -0.15) is 18.2 Å². The van der Waals surface area contributed by atoms with Gasteiger partial charge in [0, 0.05) is 29.4 Å². The smallest absolute Gasteiger partial charge is 0.656 e. The Labute approximate surface area is 169 Å². The molecule has 0 atom stereocenters. The summed E-state index contributed by atoms with van der Waals surface area (Å²) in [6, 6.07) is 22.2. The zero-order valence-corrected chi connectivity index (χ0v) is 17.1. The molecule has 0 bridgehead atoms. The first-order chi connectivity index (χ1) is 12.1. The van der Waals surface area contributed by atoms with Gasteiger partial charge in [-0.05, 0) is 23.6 Å². The zero-order valence-electron chi connectivity index (χ0n) is 14.8. The van der Waals surface area contributed by atoms with Crippen molar-refractivity contribution >= 4 is 0 Å². The molecule has 26 heavy (non-hydrogen) atoms. The Morgan fingerprint density at radius 2 is 1.88 bits per heavy atom. The molecule has 0 radical (unpaired) electrons. The van der Waals surface area contributed by atoms with E-state index < -0.39 is 0 Å². The van der Waals surface area contributed by atoms with E-state index in [2.05, 4.69) is 35.2 Å². The van der Waals surface area contributed by atoms with Crippen LogP contribution in [0.15, 0.2) is 66.9 Å². The molecule has 1 aromatic carbocycles. The van der Waals surface area contributed by atoms with Crippen LogP contribution in [-0.2, 0) is 33.0 Å². The number of hydrogen-bond donors (Lipinski definition) is 0. The summed E-state index contributed by atoms with van der Waals surface area (Å²) in [6.45, 7) is 5.54. The maximum Gasteiger partial charge on any atom is 2.00 e. The summed E-state index contributed by atoms with van der Waals surface area (Å²) in [5.74, 6) is 1.22. The van der Waals surface area contributed by atoms with Crippen molar-refractivity contribution in [3.63, 3.8) is 0 Å². The first-order valence-corrected chi connectivity index (χ1v) is 8.29. The summed E-state index contributed by atoms with van der Waals surface area (Å²) in [5.41, 5.74) is 1.74. The van der Waals surface area contributed by atoms with Crippen LogP contribution in [0.5, 0.6) is 11.6 Å². The second-order valence-corrected chi connectivity index (χ2v) is 6.43. The van der Waals surface area contributed by atoms with Crippen molar-refractivity contribution < 1.29 is 25.8 Å². The monoisotopic (exact) mass is 526 g/mol. The van der Waals surface area contributed by atoms with Crippen LogP contribution in [-0.4, -0.2) is 16.5 Å². The van der Waals surface area contributed by atoms with E-state index in [-0.39, 0.29) is 26.5 Å². The molecule has 0 unspecified atom stereocenters. The van der Waals surface area contributed by atoms with Gasteiger partial charge < -0.3 is 10.1 Å². The second-order valence-electron chi connectivity index (χ2n) is 6.43. The van der Waals surface area contributed by atoms with Crippen LogP contribution in [0.1, 0.15) is 25.2 Å². The van der Waals surface area contributed by atoms with Crippen molar-refractivity contribution in [1.29, 1.82) is 0 Å². The minimum atomic E-state index is -0.186. The van der Waals surface area contributed by atoms with Gasteiger partial charge in [-0.15, -0.1) is 25.2 Å². The van der Waals surface area contributed by atoms with E-state index in [1.54, 1.807) is 6.20 Å². The SMILES string of the molecule is CC(C)(C[N-]Cc1ccccn1)c1cccc(Oc2[c-]cccc2)n1.[Pt+2]. The number of aromatic nitrogens is 2. The maximum atomic E-state index is 5.78. The topological polar surface area (TPSA) is 49.1 Å². The fraction of sp³-hybridized carbons (Fsp3) is 0.238. The van der Waals surface area contributed by atoms with Crippen LogP contribution >= 0.6 is 0 Å². The number of rotatable bonds is 7. The summed E-state index contributed by atoms with van der Waals surface area (Å²) in [7, 11) is 0.